The van der Waals surface area contributed by atoms with Crippen LogP contribution in [-0.4, -0.2) is 11.1 Å². The summed E-state index contributed by atoms with van der Waals surface area (Å²) in [5.41, 5.74) is 1.59. The number of halogens is 5. The van der Waals surface area contributed by atoms with E-state index in [-0.39, 0.29) is 0 Å². The van der Waals surface area contributed by atoms with Gasteiger partial charge in [0.05, 0.1) is 11.3 Å². The van der Waals surface area contributed by atoms with Gasteiger partial charge in [-0.05, 0) is 6.07 Å². The summed E-state index contributed by atoms with van der Waals surface area (Å²) in [6.07, 6.45) is -4.95. The van der Waals surface area contributed by atoms with Gasteiger partial charge in [0.1, 0.15) is 5.56 Å². The van der Waals surface area contributed by atoms with Gasteiger partial charge in [0.15, 0.2) is 5.82 Å². The molecule has 0 atom stereocenters. The van der Waals surface area contributed by atoms with Gasteiger partial charge >= 0.3 is 12.1 Å². The van der Waals surface area contributed by atoms with E-state index in [1.165, 1.54) is 0 Å². The molecule has 3 N–H and O–H groups in total. The van der Waals surface area contributed by atoms with Crippen molar-refractivity contribution in [2.75, 3.05) is 5.73 Å². The van der Waals surface area contributed by atoms with Crippen molar-refractivity contribution >= 4 is 27.6 Å². The lowest BCUT2D eigenvalue weighted by Gasteiger charge is -2.13. The van der Waals surface area contributed by atoms with Gasteiger partial charge in [-0.1, -0.05) is 15.9 Å². The van der Waals surface area contributed by atoms with E-state index in [1.807, 2.05) is 0 Å². The molecule has 16 heavy (non-hydrogen) atoms. The molecule has 3 nitrogen and oxygen atoms in total. The van der Waals surface area contributed by atoms with Crippen LogP contribution in [0, 0.1) is 5.82 Å². The molecular formula is C8H4BrF4NO2. The predicted molar refractivity (Wildman–Crippen MR) is 50.5 cm³/mol. The van der Waals surface area contributed by atoms with E-state index in [1.54, 1.807) is 0 Å². The van der Waals surface area contributed by atoms with Crippen LogP contribution >= 0.6 is 15.9 Å². The maximum absolute atomic E-state index is 13.2. The van der Waals surface area contributed by atoms with E-state index >= 15 is 0 Å². The van der Waals surface area contributed by atoms with E-state index in [0.717, 1.165) is 0 Å². The molecule has 1 rings (SSSR count). The summed E-state index contributed by atoms with van der Waals surface area (Å²) in [5.74, 6) is -3.40. The molecular weight excluding hydrogens is 298 g/mol. The molecule has 0 spiro atoms. The summed E-state index contributed by atoms with van der Waals surface area (Å²) >= 11 is 2.46. The van der Waals surface area contributed by atoms with E-state index in [9.17, 15) is 22.4 Å². The van der Waals surface area contributed by atoms with Crippen molar-refractivity contribution < 1.29 is 27.5 Å². The molecule has 0 aliphatic heterocycles. The van der Waals surface area contributed by atoms with E-state index < -0.39 is 39.2 Å². The first-order valence-corrected chi connectivity index (χ1v) is 4.53. The topological polar surface area (TPSA) is 63.3 Å². The first-order valence-electron chi connectivity index (χ1n) is 3.74. The molecule has 0 aliphatic carbocycles. The fourth-order valence-corrected chi connectivity index (χ4v) is 1.70. The highest BCUT2D eigenvalue weighted by molar-refractivity contribution is 9.10. The molecule has 0 bridgehead atoms. The summed E-state index contributed by atoms with van der Waals surface area (Å²) in [5, 5.41) is 8.56. The first kappa shape index (κ1) is 12.8. The number of carboxylic acid groups (broad SMARTS) is 1. The number of anilines is 1. The molecule has 0 unspecified atom stereocenters. The minimum Gasteiger partial charge on any atom is -0.478 e. The number of benzene rings is 1. The van der Waals surface area contributed by atoms with Crippen LogP contribution in [0.4, 0.5) is 23.2 Å². The minimum atomic E-state index is -4.95. The quantitative estimate of drug-likeness (QED) is 0.619. The molecule has 8 heteroatoms. The fourth-order valence-electron chi connectivity index (χ4n) is 1.07. The van der Waals surface area contributed by atoms with Crippen LogP contribution in [0.2, 0.25) is 0 Å². The van der Waals surface area contributed by atoms with Gasteiger partial charge in [0, 0.05) is 4.47 Å². The van der Waals surface area contributed by atoms with Crippen LogP contribution in [0.15, 0.2) is 10.5 Å². The van der Waals surface area contributed by atoms with Crippen LogP contribution in [0.25, 0.3) is 0 Å². The Morgan fingerprint density at radius 2 is 1.94 bits per heavy atom. The van der Waals surface area contributed by atoms with E-state index in [2.05, 4.69) is 15.9 Å². The summed E-state index contributed by atoms with van der Waals surface area (Å²) < 4.78 is 49.6. The SMILES string of the molecule is Nc1c(C(=O)O)cc(Br)c(C(F)(F)F)c1F. The van der Waals surface area contributed by atoms with E-state index in [4.69, 9.17) is 10.8 Å². The van der Waals surface area contributed by atoms with Crippen LogP contribution in [0.1, 0.15) is 15.9 Å². The maximum atomic E-state index is 13.2. The average molecular weight is 302 g/mol. The second-order valence-corrected chi connectivity index (χ2v) is 3.67. The molecule has 0 saturated carbocycles. The first-order chi connectivity index (χ1) is 7.16. The molecule has 0 aliphatic rings. The fraction of sp³-hybridized carbons (Fsp3) is 0.125. The number of nitrogen functional groups attached to an aromatic ring is 1. The van der Waals surface area contributed by atoms with Crippen molar-refractivity contribution in [2.45, 2.75) is 6.18 Å². The van der Waals surface area contributed by atoms with Gasteiger partial charge in [-0.2, -0.15) is 13.2 Å². The Labute approximate surface area is 95.0 Å². The van der Waals surface area contributed by atoms with Crippen LogP contribution in [0.3, 0.4) is 0 Å². The standard InChI is InChI=1S/C8H4BrF4NO2/c9-3-1-2(7(15)16)6(14)5(10)4(3)8(11,12)13/h1H,14H2,(H,15,16). The summed E-state index contributed by atoms with van der Waals surface area (Å²) in [7, 11) is 0. The normalized spacial score (nSPS) is 11.6. The van der Waals surface area contributed by atoms with Gasteiger partial charge < -0.3 is 10.8 Å². The van der Waals surface area contributed by atoms with Gasteiger partial charge in [-0.3, -0.25) is 0 Å². The van der Waals surface area contributed by atoms with Crippen LogP contribution in [0.5, 0.6) is 0 Å². The zero-order chi connectivity index (χ0) is 12.7. The number of aromatic carboxylic acids is 1. The largest absolute Gasteiger partial charge is 0.478 e. The third kappa shape index (κ3) is 2.11. The van der Waals surface area contributed by atoms with Crippen molar-refractivity contribution in [1.29, 1.82) is 0 Å². The molecule has 1 aromatic rings. The zero-order valence-electron chi connectivity index (χ0n) is 7.40. The lowest BCUT2D eigenvalue weighted by Crippen LogP contribution is -2.14. The lowest BCUT2D eigenvalue weighted by molar-refractivity contribution is -0.140. The Hall–Kier alpha value is -1.31. The monoisotopic (exact) mass is 301 g/mol. The van der Waals surface area contributed by atoms with Crippen LogP contribution < -0.4 is 5.73 Å². The molecule has 0 fully saturated rings. The number of carbonyl (C=O) groups is 1. The van der Waals surface area contributed by atoms with Crippen molar-refractivity contribution in [1.82, 2.24) is 0 Å². The molecule has 0 aromatic heterocycles. The third-order valence-corrected chi connectivity index (χ3v) is 2.40. The Morgan fingerprint density at radius 1 is 1.44 bits per heavy atom. The molecule has 0 saturated heterocycles. The van der Waals surface area contributed by atoms with Gasteiger partial charge in [-0.15, -0.1) is 0 Å². The third-order valence-electron chi connectivity index (χ3n) is 1.77. The van der Waals surface area contributed by atoms with Crippen molar-refractivity contribution in [3.05, 3.63) is 27.5 Å². The van der Waals surface area contributed by atoms with Gasteiger partial charge in [0.25, 0.3) is 0 Å². The highest BCUT2D eigenvalue weighted by Crippen LogP contribution is 2.39. The zero-order valence-corrected chi connectivity index (χ0v) is 8.99. The number of nitrogens with two attached hydrogens (primary N) is 1. The Morgan fingerprint density at radius 3 is 2.31 bits per heavy atom. The van der Waals surface area contributed by atoms with Gasteiger partial charge in [0.2, 0.25) is 0 Å². The molecule has 0 heterocycles. The lowest BCUT2D eigenvalue weighted by atomic mass is 10.1. The van der Waals surface area contributed by atoms with Crippen molar-refractivity contribution in [2.24, 2.45) is 0 Å². The number of alkyl halides is 3. The smallest absolute Gasteiger partial charge is 0.420 e. The second kappa shape index (κ2) is 3.93. The highest BCUT2D eigenvalue weighted by Gasteiger charge is 2.38. The van der Waals surface area contributed by atoms with Crippen molar-refractivity contribution in [3.8, 4) is 0 Å². The number of rotatable bonds is 1. The van der Waals surface area contributed by atoms with E-state index in [0.29, 0.717) is 6.07 Å². The van der Waals surface area contributed by atoms with Gasteiger partial charge in [-0.25, -0.2) is 9.18 Å². The second-order valence-electron chi connectivity index (χ2n) is 2.81. The molecule has 88 valence electrons. The summed E-state index contributed by atoms with van der Waals surface area (Å²) in [6.45, 7) is 0. The Bertz CT molecular complexity index is 458. The summed E-state index contributed by atoms with van der Waals surface area (Å²) in [6, 6.07) is 0.615. The maximum Gasteiger partial charge on any atom is 0.420 e. The number of hydrogen-bond acceptors (Lipinski definition) is 2. The Kier molecular flexibility index (Phi) is 3.13. The van der Waals surface area contributed by atoms with Crippen molar-refractivity contribution in [3.63, 3.8) is 0 Å². The highest BCUT2D eigenvalue weighted by atomic mass is 79.9. The minimum absolute atomic E-state index is 0.615. The summed E-state index contributed by atoms with van der Waals surface area (Å²) in [4.78, 5) is 10.5. The molecule has 0 amide bonds. The number of hydrogen-bond donors (Lipinski definition) is 2. The molecule has 1 aromatic carbocycles. The number of carboxylic acids is 1. The predicted octanol–water partition coefficient (Wildman–Crippen LogP) is 2.89. The van der Waals surface area contributed by atoms with Crippen LogP contribution in [-0.2, 0) is 6.18 Å². The average Bonchev–Trinajstić information content (AvgIpc) is 2.08. The molecule has 0 radical (unpaired) electrons. The Balaban J connectivity index is 3.59.